The first-order valence-electron chi connectivity index (χ1n) is 5.47. The van der Waals surface area contributed by atoms with E-state index in [9.17, 15) is 4.79 Å². The van der Waals surface area contributed by atoms with Crippen molar-refractivity contribution < 1.29 is 9.90 Å². The number of hydrogen-bond acceptors (Lipinski definition) is 2. The van der Waals surface area contributed by atoms with Crippen molar-refractivity contribution in [1.29, 1.82) is 0 Å². The van der Waals surface area contributed by atoms with Gasteiger partial charge in [-0.1, -0.05) is 30.3 Å². The molecule has 0 unspecified atom stereocenters. The molecule has 2 atom stereocenters. The Morgan fingerprint density at radius 1 is 1.38 bits per heavy atom. The van der Waals surface area contributed by atoms with Gasteiger partial charge in [-0.15, -0.1) is 0 Å². The topological polar surface area (TPSA) is 66.6 Å². The number of carboxylic acid groups (broad SMARTS) is 1. The second-order valence-electron chi connectivity index (χ2n) is 4.20. The minimum atomic E-state index is -0.873. The average molecular weight is 220 g/mol. The maximum absolute atomic E-state index is 10.8. The summed E-state index contributed by atoms with van der Waals surface area (Å²) in [6, 6.07) is 9.97. The molecule has 4 heteroatoms. The third kappa shape index (κ3) is 2.17. The molecule has 1 fully saturated rings. The predicted molar refractivity (Wildman–Crippen MR) is 61.4 cm³/mol. The summed E-state index contributed by atoms with van der Waals surface area (Å²) in [7, 11) is 0. The van der Waals surface area contributed by atoms with Crippen LogP contribution in [0.25, 0.3) is 0 Å². The van der Waals surface area contributed by atoms with E-state index in [1.807, 2.05) is 18.2 Å². The van der Waals surface area contributed by atoms with Gasteiger partial charge >= 0.3 is 6.09 Å². The van der Waals surface area contributed by atoms with Gasteiger partial charge in [-0.25, -0.2) is 4.79 Å². The number of piperidine rings is 1. The highest BCUT2D eigenvalue weighted by atomic mass is 16.4. The van der Waals surface area contributed by atoms with Crippen molar-refractivity contribution >= 4 is 6.09 Å². The highest BCUT2D eigenvalue weighted by molar-refractivity contribution is 5.65. The Morgan fingerprint density at radius 3 is 2.62 bits per heavy atom. The molecule has 1 amide bonds. The van der Waals surface area contributed by atoms with Gasteiger partial charge in [-0.3, -0.25) is 0 Å². The van der Waals surface area contributed by atoms with Gasteiger partial charge in [0.1, 0.15) is 0 Å². The monoisotopic (exact) mass is 220 g/mol. The minimum absolute atomic E-state index is 0.104. The molecular formula is C12H16N2O2. The third-order valence-electron chi connectivity index (χ3n) is 3.16. The molecule has 4 nitrogen and oxygen atoms in total. The van der Waals surface area contributed by atoms with Crippen LogP contribution in [0, 0.1) is 0 Å². The fourth-order valence-corrected chi connectivity index (χ4v) is 2.27. The van der Waals surface area contributed by atoms with Crippen LogP contribution in [0.5, 0.6) is 0 Å². The maximum atomic E-state index is 10.8. The van der Waals surface area contributed by atoms with E-state index in [1.54, 1.807) is 0 Å². The molecule has 86 valence electrons. The molecule has 0 aliphatic carbocycles. The number of benzene rings is 1. The Bertz CT molecular complexity index is 367. The Balaban J connectivity index is 2.08. The van der Waals surface area contributed by atoms with E-state index in [-0.39, 0.29) is 12.0 Å². The number of nitrogens with two attached hydrogens (primary N) is 1. The lowest BCUT2D eigenvalue weighted by Gasteiger charge is -2.35. The largest absolute Gasteiger partial charge is 0.465 e. The first-order valence-corrected chi connectivity index (χ1v) is 5.47. The van der Waals surface area contributed by atoms with Crippen molar-refractivity contribution in [2.24, 2.45) is 5.73 Å². The first kappa shape index (κ1) is 11.0. The van der Waals surface area contributed by atoms with Gasteiger partial charge in [-0.2, -0.15) is 0 Å². The zero-order chi connectivity index (χ0) is 11.5. The summed E-state index contributed by atoms with van der Waals surface area (Å²) >= 11 is 0. The zero-order valence-electron chi connectivity index (χ0n) is 9.04. The standard InChI is InChI=1S/C12H16N2O2/c13-11-8-14(12(15)16)7-6-10(11)9-4-2-1-3-5-9/h1-5,10-11H,6-8,13H2,(H,15,16)/t10-,11-/m1/s1. The maximum Gasteiger partial charge on any atom is 0.407 e. The number of amides is 1. The van der Waals surface area contributed by atoms with Crippen LogP contribution >= 0.6 is 0 Å². The van der Waals surface area contributed by atoms with Crippen LogP contribution in [0.3, 0.4) is 0 Å². The number of nitrogens with zero attached hydrogens (tertiary/aromatic N) is 1. The second kappa shape index (κ2) is 4.53. The molecule has 0 bridgehead atoms. The van der Waals surface area contributed by atoms with Crippen LogP contribution in [0.1, 0.15) is 17.9 Å². The van der Waals surface area contributed by atoms with Crippen LogP contribution < -0.4 is 5.73 Å². The van der Waals surface area contributed by atoms with E-state index < -0.39 is 6.09 Å². The van der Waals surface area contributed by atoms with Gasteiger partial charge in [0.15, 0.2) is 0 Å². The molecule has 0 saturated carbocycles. The Hall–Kier alpha value is -1.55. The fourth-order valence-electron chi connectivity index (χ4n) is 2.27. The SMILES string of the molecule is N[C@@H]1CN(C(=O)O)CC[C@@H]1c1ccccc1. The second-order valence-corrected chi connectivity index (χ2v) is 4.20. The van der Waals surface area contributed by atoms with Crippen LogP contribution in [0.4, 0.5) is 4.79 Å². The molecule has 0 aromatic heterocycles. The lowest BCUT2D eigenvalue weighted by molar-refractivity contribution is 0.126. The van der Waals surface area contributed by atoms with E-state index in [1.165, 1.54) is 10.5 Å². The third-order valence-corrected chi connectivity index (χ3v) is 3.16. The molecule has 2 rings (SSSR count). The van der Waals surface area contributed by atoms with Crippen LogP contribution in [0.15, 0.2) is 30.3 Å². The van der Waals surface area contributed by atoms with Gasteiger partial charge < -0.3 is 15.7 Å². The van der Waals surface area contributed by atoms with Gasteiger partial charge in [0.2, 0.25) is 0 Å². The van der Waals surface area contributed by atoms with E-state index in [4.69, 9.17) is 10.8 Å². The summed E-state index contributed by atoms with van der Waals surface area (Å²) in [6.07, 6.45) is -0.0701. The predicted octanol–water partition coefficient (Wildman–Crippen LogP) is 1.48. The molecule has 1 aliphatic rings. The van der Waals surface area contributed by atoms with Crippen molar-refractivity contribution in [3.8, 4) is 0 Å². The molecule has 1 saturated heterocycles. The summed E-state index contributed by atoms with van der Waals surface area (Å²) < 4.78 is 0. The minimum Gasteiger partial charge on any atom is -0.465 e. The molecule has 1 aromatic rings. The van der Waals surface area contributed by atoms with Crippen molar-refractivity contribution in [2.75, 3.05) is 13.1 Å². The number of rotatable bonds is 1. The number of likely N-dealkylation sites (tertiary alicyclic amines) is 1. The van der Waals surface area contributed by atoms with Gasteiger partial charge in [0.25, 0.3) is 0 Å². The van der Waals surface area contributed by atoms with Gasteiger partial charge in [0, 0.05) is 25.0 Å². The summed E-state index contributed by atoms with van der Waals surface area (Å²) in [4.78, 5) is 12.2. The Morgan fingerprint density at radius 2 is 2.06 bits per heavy atom. The smallest absolute Gasteiger partial charge is 0.407 e. The van der Waals surface area contributed by atoms with Crippen LogP contribution in [-0.4, -0.2) is 35.2 Å². The Kier molecular flexibility index (Phi) is 3.10. The number of carbonyl (C=O) groups is 1. The lowest BCUT2D eigenvalue weighted by Crippen LogP contribution is -2.49. The normalized spacial score (nSPS) is 25.4. The van der Waals surface area contributed by atoms with Crippen molar-refractivity contribution in [2.45, 2.75) is 18.4 Å². The van der Waals surface area contributed by atoms with E-state index >= 15 is 0 Å². The first-order chi connectivity index (χ1) is 7.68. The summed E-state index contributed by atoms with van der Waals surface area (Å²) in [5.41, 5.74) is 7.24. The van der Waals surface area contributed by atoms with E-state index in [2.05, 4.69) is 12.1 Å². The molecule has 1 aliphatic heterocycles. The van der Waals surface area contributed by atoms with Gasteiger partial charge in [0.05, 0.1) is 0 Å². The van der Waals surface area contributed by atoms with Crippen molar-refractivity contribution in [3.05, 3.63) is 35.9 Å². The molecule has 1 aromatic carbocycles. The van der Waals surface area contributed by atoms with Crippen LogP contribution in [0.2, 0.25) is 0 Å². The molecule has 3 N–H and O–H groups in total. The summed E-state index contributed by atoms with van der Waals surface area (Å²) in [6.45, 7) is 0.998. The molecule has 0 radical (unpaired) electrons. The molecule has 16 heavy (non-hydrogen) atoms. The molecule has 0 spiro atoms. The summed E-state index contributed by atoms with van der Waals surface area (Å²) in [5, 5.41) is 8.88. The van der Waals surface area contributed by atoms with Gasteiger partial charge in [-0.05, 0) is 12.0 Å². The highest BCUT2D eigenvalue weighted by Crippen LogP contribution is 2.26. The Labute approximate surface area is 94.7 Å². The van der Waals surface area contributed by atoms with Crippen LogP contribution in [-0.2, 0) is 0 Å². The lowest BCUT2D eigenvalue weighted by atomic mass is 9.86. The van der Waals surface area contributed by atoms with E-state index in [0.717, 1.165) is 6.42 Å². The number of hydrogen-bond donors (Lipinski definition) is 2. The van der Waals surface area contributed by atoms with Crippen molar-refractivity contribution in [1.82, 2.24) is 4.90 Å². The highest BCUT2D eigenvalue weighted by Gasteiger charge is 2.29. The van der Waals surface area contributed by atoms with E-state index in [0.29, 0.717) is 13.1 Å². The quantitative estimate of drug-likeness (QED) is 0.753. The van der Waals surface area contributed by atoms with Crippen molar-refractivity contribution in [3.63, 3.8) is 0 Å². The average Bonchev–Trinajstić information content (AvgIpc) is 2.30. The molecule has 1 heterocycles. The molecular weight excluding hydrogens is 204 g/mol. The fraction of sp³-hybridized carbons (Fsp3) is 0.417. The summed E-state index contributed by atoms with van der Waals surface area (Å²) in [5.74, 6) is 0.275. The zero-order valence-corrected chi connectivity index (χ0v) is 9.04.